The minimum atomic E-state index is -0.374. The maximum Gasteiger partial charge on any atom is 0.269 e. The predicted octanol–water partition coefficient (Wildman–Crippen LogP) is 1.97. The number of benzene rings is 2. The maximum absolute atomic E-state index is 12.3. The average molecular weight is 453 g/mol. The minimum Gasteiger partial charge on any atom is -0.378 e. The van der Waals surface area contributed by atoms with Crippen LogP contribution in [0.5, 0.6) is 0 Å². The summed E-state index contributed by atoms with van der Waals surface area (Å²) in [5.74, 6) is 0.0777. The topological polar surface area (TPSA) is 101 Å². The number of thioether (sulfide) groups is 1. The van der Waals surface area contributed by atoms with E-state index in [1.807, 2.05) is 35.8 Å². The Labute approximate surface area is 190 Å². The van der Waals surface area contributed by atoms with Gasteiger partial charge in [0.05, 0.1) is 24.7 Å². The second kappa shape index (κ2) is 10.3. The van der Waals surface area contributed by atoms with Gasteiger partial charge < -0.3 is 9.64 Å². The van der Waals surface area contributed by atoms with Gasteiger partial charge in [-0.3, -0.25) is 25.0 Å². The summed E-state index contributed by atoms with van der Waals surface area (Å²) in [6.07, 6.45) is 0. The zero-order valence-corrected chi connectivity index (χ0v) is 18.5. The number of anilines is 1. The molecule has 1 fully saturated rings. The number of carbonyl (C=O) groups is 2. The Kier molecular flexibility index (Phi) is 7.03. The molecule has 1 saturated heterocycles. The number of amides is 2. The molecule has 0 atom stereocenters. The number of aromatic nitrogens is 3. The van der Waals surface area contributed by atoms with Crippen LogP contribution in [0.25, 0.3) is 5.69 Å². The van der Waals surface area contributed by atoms with E-state index < -0.39 is 0 Å². The van der Waals surface area contributed by atoms with Crippen molar-refractivity contribution in [2.24, 2.45) is 0 Å². The molecule has 10 heteroatoms. The van der Waals surface area contributed by atoms with E-state index in [9.17, 15) is 9.59 Å². The summed E-state index contributed by atoms with van der Waals surface area (Å²) in [7, 11) is 0. The first-order valence-corrected chi connectivity index (χ1v) is 11.2. The van der Waals surface area contributed by atoms with E-state index in [0.717, 1.165) is 30.3 Å². The van der Waals surface area contributed by atoms with Gasteiger partial charge in [0, 0.05) is 18.7 Å². The molecule has 0 radical (unpaired) electrons. The number of aryl methyl sites for hydroxylation is 1. The van der Waals surface area contributed by atoms with E-state index in [2.05, 4.69) is 32.0 Å². The van der Waals surface area contributed by atoms with Crippen molar-refractivity contribution in [2.45, 2.75) is 12.1 Å². The summed E-state index contributed by atoms with van der Waals surface area (Å²) in [6, 6.07) is 16.7. The van der Waals surface area contributed by atoms with Gasteiger partial charge in [0.1, 0.15) is 0 Å². The van der Waals surface area contributed by atoms with Crippen LogP contribution in [0.2, 0.25) is 0 Å². The number of hydrazine groups is 1. The molecule has 1 aliphatic heterocycles. The number of morpholine rings is 1. The molecule has 2 N–H and O–H groups in total. The Hall–Kier alpha value is -3.37. The molecule has 1 aliphatic rings. The fourth-order valence-electron chi connectivity index (χ4n) is 3.27. The highest BCUT2D eigenvalue weighted by molar-refractivity contribution is 7.99. The van der Waals surface area contributed by atoms with Crippen LogP contribution >= 0.6 is 11.8 Å². The van der Waals surface area contributed by atoms with E-state index in [1.54, 1.807) is 24.3 Å². The van der Waals surface area contributed by atoms with Crippen LogP contribution in [-0.2, 0) is 9.53 Å². The molecule has 0 aliphatic carbocycles. The van der Waals surface area contributed by atoms with Crippen molar-refractivity contribution in [1.82, 2.24) is 25.6 Å². The van der Waals surface area contributed by atoms with Crippen LogP contribution in [0.3, 0.4) is 0 Å². The predicted molar refractivity (Wildman–Crippen MR) is 122 cm³/mol. The largest absolute Gasteiger partial charge is 0.378 e. The van der Waals surface area contributed by atoms with Gasteiger partial charge in [-0.1, -0.05) is 42.1 Å². The van der Waals surface area contributed by atoms with Crippen molar-refractivity contribution in [3.8, 4) is 5.69 Å². The van der Waals surface area contributed by atoms with E-state index in [4.69, 9.17) is 4.74 Å². The van der Waals surface area contributed by atoms with Crippen molar-refractivity contribution in [3.63, 3.8) is 0 Å². The smallest absolute Gasteiger partial charge is 0.269 e. The SMILES string of the molecule is Cc1cccc(-n2c(SCC(=O)NNC(=O)c3ccccc3)nnc2N2CCOCC2)c1. The summed E-state index contributed by atoms with van der Waals surface area (Å²) in [5, 5.41) is 9.34. The van der Waals surface area contributed by atoms with Crippen molar-refractivity contribution in [2.75, 3.05) is 37.0 Å². The molecule has 0 bridgehead atoms. The molecule has 2 aromatic carbocycles. The first-order valence-electron chi connectivity index (χ1n) is 10.2. The lowest BCUT2D eigenvalue weighted by Gasteiger charge is -2.28. The minimum absolute atomic E-state index is 0.0716. The Balaban J connectivity index is 1.45. The highest BCUT2D eigenvalue weighted by atomic mass is 32.2. The molecule has 0 saturated carbocycles. The Morgan fingerprint density at radius 3 is 2.56 bits per heavy atom. The maximum atomic E-state index is 12.3. The highest BCUT2D eigenvalue weighted by Gasteiger charge is 2.22. The van der Waals surface area contributed by atoms with Crippen molar-refractivity contribution in [3.05, 3.63) is 65.7 Å². The third kappa shape index (κ3) is 5.27. The van der Waals surface area contributed by atoms with Gasteiger partial charge in [0.15, 0.2) is 5.16 Å². The number of rotatable bonds is 6. The summed E-state index contributed by atoms with van der Waals surface area (Å²) < 4.78 is 7.42. The number of nitrogens with zero attached hydrogens (tertiary/aromatic N) is 4. The number of hydrogen-bond donors (Lipinski definition) is 2. The average Bonchev–Trinajstić information content (AvgIpc) is 3.26. The molecule has 1 aromatic heterocycles. The fourth-order valence-corrected chi connectivity index (χ4v) is 4.02. The molecule has 0 unspecified atom stereocenters. The lowest BCUT2D eigenvalue weighted by atomic mass is 10.2. The molecule has 32 heavy (non-hydrogen) atoms. The van der Waals surface area contributed by atoms with Crippen LogP contribution in [0.4, 0.5) is 5.95 Å². The summed E-state index contributed by atoms with van der Waals surface area (Å²) in [5.41, 5.74) is 7.38. The van der Waals surface area contributed by atoms with Gasteiger partial charge in [-0.15, -0.1) is 10.2 Å². The van der Waals surface area contributed by atoms with Crippen LogP contribution in [0.1, 0.15) is 15.9 Å². The number of ether oxygens (including phenoxy) is 1. The van der Waals surface area contributed by atoms with E-state index in [0.29, 0.717) is 23.9 Å². The van der Waals surface area contributed by atoms with Crippen LogP contribution < -0.4 is 15.8 Å². The second-order valence-electron chi connectivity index (χ2n) is 7.21. The van der Waals surface area contributed by atoms with Gasteiger partial charge in [0.2, 0.25) is 11.9 Å². The van der Waals surface area contributed by atoms with Crippen molar-refractivity contribution >= 4 is 29.5 Å². The molecule has 4 rings (SSSR count). The van der Waals surface area contributed by atoms with Crippen molar-refractivity contribution < 1.29 is 14.3 Å². The molecule has 3 aromatic rings. The molecule has 166 valence electrons. The normalized spacial score (nSPS) is 13.6. The molecular weight excluding hydrogens is 428 g/mol. The van der Waals surface area contributed by atoms with Gasteiger partial charge in [-0.25, -0.2) is 0 Å². The summed E-state index contributed by atoms with van der Waals surface area (Å²) >= 11 is 1.26. The van der Waals surface area contributed by atoms with Gasteiger partial charge >= 0.3 is 0 Å². The van der Waals surface area contributed by atoms with E-state index in [1.165, 1.54) is 11.8 Å². The summed E-state index contributed by atoms with van der Waals surface area (Å²) in [6.45, 7) is 4.73. The van der Waals surface area contributed by atoms with Gasteiger partial charge in [-0.05, 0) is 36.8 Å². The zero-order valence-electron chi connectivity index (χ0n) is 17.7. The Morgan fingerprint density at radius 2 is 1.81 bits per heavy atom. The third-order valence-electron chi connectivity index (χ3n) is 4.85. The van der Waals surface area contributed by atoms with E-state index in [-0.39, 0.29) is 17.6 Å². The van der Waals surface area contributed by atoms with Crippen LogP contribution in [0.15, 0.2) is 59.8 Å². The number of carbonyl (C=O) groups excluding carboxylic acids is 2. The zero-order chi connectivity index (χ0) is 22.3. The number of nitrogens with one attached hydrogen (secondary N) is 2. The quantitative estimate of drug-likeness (QED) is 0.436. The Bertz CT molecular complexity index is 1080. The number of hydrogen-bond acceptors (Lipinski definition) is 7. The van der Waals surface area contributed by atoms with Gasteiger partial charge in [0.25, 0.3) is 5.91 Å². The standard InChI is InChI=1S/C22H24N6O3S/c1-16-6-5-9-18(14-16)28-21(27-10-12-31-13-11-27)25-26-22(28)32-15-19(29)23-24-20(30)17-7-3-2-4-8-17/h2-9,14H,10-13,15H2,1H3,(H,23,29)(H,24,30). The highest BCUT2D eigenvalue weighted by Crippen LogP contribution is 2.27. The molecule has 0 spiro atoms. The first kappa shape index (κ1) is 21.8. The molecule has 2 heterocycles. The Morgan fingerprint density at radius 1 is 1.03 bits per heavy atom. The molecule has 9 nitrogen and oxygen atoms in total. The first-order chi connectivity index (χ1) is 15.6. The lowest BCUT2D eigenvalue weighted by Crippen LogP contribution is -2.42. The second-order valence-corrected chi connectivity index (χ2v) is 8.16. The van der Waals surface area contributed by atoms with Crippen LogP contribution in [-0.4, -0.2) is 58.6 Å². The third-order valence-corrected chi connectivity index (χ3v) is 5.78. The van der Waals surface area contributed by atoms with Gasteiger partial charge in [-0.2, -0.15) is 0 Å². The summed E-state index contributed by atoms with van der Waals surface area (Å²) in [4.78, 5) is 26.6. The fraction of sp³-hybridized carbons (Fsp3) is 0.273. The van der Waals surface area contributed by atoms with E-state index >= 15 is 0 Å². The van der Waals surface area contributed by atoms with Crippen molar-refractivity contribution in [1.29, 1.82) is 0 Å². The molecule has 2 amide bonds. The molecular formula is C22H24N6O3S. The lowest BCUT2D eigenvalue weighted by molar-refractivity contribution is -0.119. The monoisotopic (exact) mass is 452 g/mol. The van der Waals surface area contributed by atoms with Crippen LogP contribution in [0, 0.1) is 6.92 Å².